The Kier molecular flexibility index (Phi) is 5.79. The van der Waals surface area contributed by atoms with Crippen LogP contribution in [0.3, 0.4) is 0 Å². The van der Waals surface area contributed by atoms with E-state index in [1.807, 2.05) is 0 Å². The predicted molar refractivity (Wildman–Crippen MR) is 74.3 cm³/mol. The second kappa shape index (κ2) is 7.38. The van der Waals surface area contributed by atoms with Gasteiger partial charge in [-0.3, -0.25) is 0 Å². The van der Waals surface area contributed by atoms with E-state index in [4.69, 9.17) is 0 Å². The van der Waals surface area contributed by atoms with Gasteiger partial charge in [-0.2, -0.15) is 0 Å². The molecule has 0 aromatic rings. The smallest absolute Gasteiger partial charge is 0.00822 e. The van der Waals surface area contributed by atoms with Crippen molar-refractivity contribution in [1.29, 1.82) is 0 Å². The first-order valence-corrected chi connectivity index (χ1v) is 7.81. The molecule has 0 aromatic carbocycles. The molecule has 0 spiro atoms. The predicted octanol–water partition coefficient (Wildman–Crippen LogP) is 3.08. The van der Waals surface area contributed by atoms with Crippen LogP contribution in [0.25, 0.3) is 0 Å². The molecule has 1 saturated heterocycles. The maximum atomic E-state index is 3.72. The van der Waals surface area contributed by atoms with Crippen LogP contribution in [0.1, 0.15) is 64.7 Å². The Bertz CT molecular complexity index is 193. The minimum Gasteiger partial charge on any atom is -0.314 e. The van der Waals surface area contributed by atoms with Gasteiger partial charge in [-0.25, -0.2) is 0 Å². The van der Waals surface area contributed by atoms with E-state index in [0.717, 1.165) is 12.0 Å². The van der Waals surface area contributed by atoms with E-state index in [0.29, 0.717) is 6.04 Å². The average molecular weight is 238 g/mol. The number of nitrogens with one attached hydrogen (secondary N) is 2. The molecular formula is C15H30N2. The summed E-state index contributed by atoms with van der Waals surface area (Å²) in [5.41, 5.74) is 0. The van der Waals surface area contributed by atoms with Crippen molar-refractivity contribution < 1.29 is 0 Å². The van der Waals surface area contributed by atoms with Crippen LogP contribution in [0.15, 0.2) is 0 Å². The quantitative estimate of drug-likeness (QED) is 0.743. The first-order chi connectivity index (χ1) is 8.34. The molecule has 0 bridgehead atoms. The van der Waals surface area contributed by atoms with Crippen molar-refractivity contribution in [2.75, 3.05) is 13.1 Å². The van der Waals surface area contributed by atoms with Crippen LogP contribution >= 0.6 is 0 Å². The molecule has 0 amide bonds. The minimum absolute atomic E-state index is 0.689. The van der Waals surface area contributed by atoms with Crippen LogP contribution in [-0.4, -0.2) is 25.2 Å². The van der Waals surface area contributed by atoms with E-state index in [2.05, 4.69) is 17.6 Å². The highest BCUT2D eigenvalue weighted by Gasteiger charge is 2.17. The van der Waals surface area contributed by atoms with E-state index < -0.39 is 0 Å². The van der Waals surface area contributed by atoms with Crippen LogP contribution in [-0.2, 0) is 0 Å². The first-order valence-electron chi connectivity index (χ1n) is 7.81. The maximum Gasteiger partial charge on any atom is 0.00822 e. The lowest BCUT2D eigenvalue weighted by molar-refractivity contribution is 0.324. The highest BCUT2D eigenvalue weighted by molar-refractivity contribution is 4.78. The van der Waals surface area contributed by atoms with E-state index in [9.17, 15) is 0 Å². The Morgan fingerprint density at radius 2 is 1.94 bits per heavy atom. The summed E-state index contributed by atoms with van der Waals surface area (Å²) in [5, 5.41) is 7.30. The summed E-state index contributed by atoms with van der Waals surface area (Å²) in [7, 11) is 0. The number of hydrogen-bond acceptors (Lipinski definition) is 2. The van der Waals surface area contributed by atoms with Gasteiger partial charge in [-0.1, -0.05) is 32.1 Å². The van der Waals surface area contributed by atoms with Gasteiger partial charge in [0.2, 0.25) is 0 Å². The minimum atomic E-state index is 0.689. The standard InChI is InChI=1S/C15H30N2/c1-13(12-15-8-5-10-17-15)16-11-9-14-6-3-2-4-7-14/h13-17H,2-12H2,1H3. The van der Waals surface area contributed by atoms with Crippen LogP contribution in [0.4, 0.5) is 0 Å². The molecule has 17 heavy (non-hydrogen) atoms. The molecule has 2 N–H and O–H groups in total. The molecule has 1 heterocycles. The van der Waals surface area contributed by atoms with Crippen molar-refractivity contribution in [2.45, 2.75) is 76.8 Å². The summed E-state index contributed by atoms with van der Waals surface area (Å²) in [5.74, 6) is 1.02. The Morgan fingerprint density at radius 1 is 1.12 bits per heavy atom. The molecule has 2 fully saturated rings. The third-order valence-electron chi connectivity index (χ3n) is 4.57. The maximum absolute atomic E-state index is 3.72. The van der Waals surface area contributed by atoms with Crippen LogP contribution in [0.2, 0.25) is 0 Å². The molecule has 0 aromatic heterocycles. The molecule has 2 rings (SSSR count). The van der Waals surface area contributed by atoms with Crippen molar-refractivity contribution >= 4 is 0 Å². The summed E-state index contributed by atoms with van der Waals surface area (Å²) < 4.78 is 0. The van der Waals surface area contributed by atoms with Crippen LogP contribution in [0.5, 0.6) is 0 Å². The zero-order valence-electron chi connectivity index (χ0n) is 11.5. The van der Waals surface area contributed by atoms with Crippen molar-refractivity contribution in [3.05, 3.63) is 0 Å². The van der Waals surface area contributed by atoms with Gasteiger partial charge in [0.15, 0.2) is 0 Å². The van der Waals surface area contributed by atoms with Gasteiger partial charge in [0, 0.05) is 12.1 Å². The Hall–Kier alpha value is -0.0800. The SMILES string of the molecule is CC(CC1CCCN1)NCCC1CCCCC1. The zero-order valence-corrected chi connectivity index (χ0v) is 11.5. The molecular weight excluding hydrogens is 208 g/mol. The molecule has 1 aliphatic heterocycles. The molecule has 0 radical (unpaired) electrons. The molecule has 2 nitrogen and oxygen atoms in total. The first kappa shape index (κ1) is 13.4. The third-order valence-corrected chi connectivity index (χ3v) is 4.57. The lowest BCUT2D eigenvalue weighted by Gasteiger charge is -2.23. The van der Waals surface area contributed by atoms with Gasteiger partial charge in [-0.05, 0) is 51.6 Å². The fraction of sp³-hybridized carbons (Fsp3) is 1.00. The molecule has 2 unspecified atom stereocenters. The highest BCUT2D eigenvalue weighted by atomic mass is 15.0. The highest BCUT2D eigenvalue weighted by Crippen LogP contribution is 2.25. The van der Waals surface area contributed by atoms with Gasteiger partial charge >= 0.3 is 0 Å². The largest absolute Gasteiger partial charge is 0.314 e. The second-order valence-electron chi connectivity index (χ2n) is 6.18. The fourth-order valence-electron chi connectivity index (χ4n) is 3.48. The van der Waals surface area contributed by atoms with Gasteiger partial charge < -0.3 is 10.6 Å². The molecule has 2 heteroatoms. The lowest BCUT2D eigenvalue weighted by Crippen LogP contribution is -2.35. The van der Waals surface area contributed by atoms with Gasteiger partial charge in [0.1, 0.15) is 0 Å². The summed E-state index contributed by atoms with van der Waals surface area (Å²) >= 11 is 0. The van der Waals surface area contributed by atoms with Gasteiger partial charge in [0.25, 0.3) is 0 Å². The van der Waals surface area contributed by atoms with E-state index >= 15 is 0 Å². The summed E-state index contributed by atoms with van der Waals surface area (Å²) in [4.78, 5) is 0. The Labute approximate surface area is 107 Å². The topological polar surface area (TPSA) is 24.1 Å². The summed E-state index contributed by atoms with van der Waals surface area (Å²) in [6.07, 6.45) is 12.9. The van der Waals surface area contributed by atoms with Crippen LogP contribution in [0, 0.1) is 5.92 Å². The molecule has 2 atom stereocenters. The van der Waals surface area contributed by atoms with E-state index in [1.165, 1.54) is 70.9 Å². The lowest BCUT2D eigenvalue weighted by atomic mass is 9.87. The Balaban J connectivity index is 1.51. The van der Waals surface area contributed by atoms with E-state index in [-0.39, 0.29) is 0 Å². The molecule has 1 saturated carbocycles. The summed E-state index contributed by atoms with van der Waals surface area (Å²) in [6, 6.07) is 1.47. The average Bonchev–Trinajstić information content (AvgIpc) is 2.83. The summed E-state index contributed by atoms with van der Waals surface area (Å²) in [6.45, 7) is 4.82. The molecule has 100 valence electrons. The zero-order chi connectivity index (χ0) is 11.9. The monoisotopic (exact) mass is 238 g/mol. The van der Waals surface area contributed by atoms with Crippen molar-refractivity contribution in [1.82, 2.24) is 10.6 Å². The van der Waals surface area contributed by atoms with E-state index in [1.54, 1.807) is 0 Å². The Morgan fingerprint density at radius 3 is 2.65 bits per heavy atom. The molecule has 2 aliphatic rings. The normalized spacial score (nSPS) is 28.4. The van der Waals surface area contributed by atoms with Gasteiger partial charge in [0.05, 0.1) is 0 Å². The van der Waals surface area contributed by atoms with Crippen molar-refractivity contribution in [2.24, 2.45) is 5.92 Å². The van der Waals surface area contributed by atoms with Crippen molar-refractivity contribution in [3.63, 3.8) is 0 Å². The third kappa shape index (κ3) is 4.97. The van der Waals surface area contributed by atoms with Gasteiger partial charge in [-0.15, -0.1) is 0 Å². The number of rotatable bonds is 6. The number of hydrogen-bond donors (Lipinski definition) is 2. The van der Waals surface area contributed by atoms with Crippen LogP contribution < -0.4 is 10.6 Å². The fourth-order valence-corrected chi connectivity index (χ4v) is 3.48. The molecule has 1 aliphatic carbocycles. The van der Waals surface area contributed by atoms with Crippen molar-refractivity contribution in [3.8, 4) is 0 Å². The second-order valence-corrected chi connectivity index (χ2v) is 6.18.